The van der Waals surface area contributed by atoms with Gasteiger partial charge in [0.25, 0.3) is 0 Å². The highest BCUT2D eigenvalue weighted by Gasteiger charge is 2.35. The lowest BCUT2D eigenvalue weighted by Crippen LogP contribution is -2.30. The minimum atomic E-state index is -0.341. The Labute approximate surface area is 181 Å². The van der Waals surface area contributed by atoms with E-state index in [-0.39, 0.29) is 24.2 Å². The van der Waals surface area contributed by atoms with Crippen molar-refractivity contribution in [1.82, 2.24) is 14.7 Å². The number of benzene rings is 2. The van der Waals surface area contributed by atoms with Crippen LogP contribution in [0.15, 0.2) is 66.7 Å². The van der Waals surface area contributed by atoms with Gasteiger partial charge < -0.3 is 10.2 Å². The molecule has 1 saturated carbocycles. The maximum atomic E-state index is 13.0. The Bertz CT molecular complexity index is 1070. The number of nitrogens with one attached hydrogen (secondary N) is 1. The standard InChI is InChI=1S/C25H26N4O2/c30-24-15-20(17-28(24)14-13-18-7-3-1-4-8-18)25(31)26-23-16-22(19-11-12-19)27-29(23)21-9-5-2-6-10-21/h1-10,16,19-20H,11-15,17H2,(H,26,31)/t20-/m1/s1. The molecule has 158 valence electrons. The molecule has 2 aliphatic rings. The summed E-state index contributed by atoms with van der Waals surface area (Å²) in [6.45, 7) is 1.10. The highest BCUT2D eigenvalue weighted by atomic mass is 16.2. The molecule has 1 saturated heterocycles. The summed E-state index contributed by atoms with van der Waals surface area (Å²) in [5, 5.41) is 7.79. The van der Waals surface area contributed by atoms with E-state index in [0.29, 0.717) is 24.8 Å². The number of para-hydroxylation sites is 1. The summed E-state index contributed by atoms with van der Waals surface area (Å²) in [5.74, 6) is 0.753. The van der Waals surface area contributed by atoms with Crippen LogP contribution in [0, 0.1) is 5.92 Å². The molecule has 2 aromatic carbocycles. The van der Waals surface area contributed by atoms with Crippen LogP contribution >= 0.6 is 0 Å². The second-order valence-corrected chi connectivity index (χ2v) is 8.44. The van der Waals surface area contributed by atoms with Gasteiger partial charge in [-0.2, -0.15) is 5.10 Å². The molecular formula is C25H26N4O2. The van der Waals surface area contributed by atoms with Crippen LogP contribution in [0.25, 0.3) is 5.69 Å². The average molecular weight is 415 g/mol. The fourth-order valence-corrected chi connectivity index (χ4v) is 4.13. The van der Waals surface area contributed by atoms with Gasteiger partial charge in [0.2, 0.25) is 11.8 Å². The Morgan fingerprint density at radius 3 is 2.45 bits per heavy atom. The summed E-state index contributed by atoms with van der Waals surface area (Å²) in [4.78, 5) is 27.3. The normalized spacial score (nSPS) is 18.4. The number of nitrogens with zero attached hydrogens (tertiary/aromatic N) is 3. The first kappa shape index (κ1) is 19.5. The molecule has 1 aliphatic heterocycles. The molecule has 0 bridgehead atoms. The third-order valence-corrected chi connectivity index (χ3v) is 6.07. The molecule has 1 aromatic heterocycles. The minimum absolute atomic E-state index is 0.0475. The molecule has 1 aliphatic carbocycles. The topological polar surface area (TPSA) is 67.2 Å². The average Bonchev–Trinajstić information content (AvgIpc) is 3.46. The first-order valence-corrected chi connectivity index (χ1v) is 11.0. The van der Waals surface area contributed by atoms with Crippen molar-refractivity contribution in [2.24, 2.45) is 5.92 Å². The van der Waals surface area contributed by atoms with Crippen LogP contribution in [0.4, 0.5) is 5.82 Å². The summed E-state index contributed by atoms with van der Waals surface area (Å²) in [7, 11) is 0. The molecule has 2 amide bonds. The van der Waals surface area contributed by atoms with Crippen molar-refractivity contribution in [2.45, 2.75) is 31.6 Å². The lowest BCUT2D eigenvalue weighted by molar-refractivity contribution is -0.128. The Balaban J connectivity index is 1.27. The molecule has 1 atom stereocenters. The van der Waals surface area contributed by atoms with Gasteiger partial charge >= 0.3 is 0 Å². The molecule has 2 fully saturated rings. The number of likely N-dealkylation sites (tertiary alicyclic amines) is 1. The summed E-state index contributed by atoms with van der Waals surface area (Å²) in [5.41, 5.74) is 3.13. The van der Waals surface area contributed by atoms with Crippen molar-refractivity contribution in [3.63, 3.8) is 0 Å². The van der Waals surface area contributed by atoms with Crippen molar-refractivity contribution < 1.29 is 9.59 Å². The number of carbonyl (C=O) groups excluding carboxylic acids is 2. The molecule has 0 spiro atoms. The Hall–Kier alpha value is -3.41. The number of rotatable bonds is 7. The molecule has 6 nitrogen and oxygen atoms in total. The summed E-state index contributed by atoms with van der Waals surface area (Å²) in [6, 6.07) is 21.9. The summed E-state index contributed by atoms with van der Waals surface area (Å²) < 4.78 is 1.80. The van der Waals surface area contributed by atoms with E-state index in [0.717, 1.165) is 30.6 Å². The van der Waals surface area contributed by atoms with Crippen LogP contribution in [0.3, 0.4) is 0 Å². The van der Waals surface area contributed by atoms with Crippen molar-refractivity contribution in [3.8, 4) is 5.69 Å². The van der Waals surface area contributed by atoms with E-state index >= 15 is 0 Å². The number of aromatic nitrogens is 2. The quantitative estimate of drug-likeness (QED) is 0.640. The zero-order valence-corrected chi connectivity index (χ0v) is 17.4. The van der Waals surface area contributed by atoms with E-state index in [1.54, 1.807) is 9.58 Å². The van der Waals surface area contributed by atoms with Crippen molar-refractivity contribution in [1.29, 1.82) is 0 Å². The molecule has 0 unspecified atom stereocenters. The highest BCUT2D eigenvalue weighted by Crippen LogP contribution is 2.40. The van der Waals surface area contributed by atoms with Gasteiger partial charge in [0.15, 0.2) is 0 Å². The third-order valence-electron chi connectivity index (χ3n) is 6.07. The zero-order valence-electron chi connectivity index (χ0n) is 17.4. The molecule has 5 rings (SSSR count). The predicted octanol–water partition coefficient (Wildman–Crippen LogP) is 3.78. The molecule has 3 aromatic rings. The van der Waals surface area contributed by atoms with Gasteiger partial charge in [-0.25, -0.2) is 4.68 Å². The monoisotopic (exact) mass is 414 g/mol. The lowest BCUT2D eigenvalue weighted by Gasteiger charge is -2.16. The highest BCUT2D eigenvalue weighted by molar-refractivity contribution is 5.97. The Kier molecular flexibility index (Phi) is 5.28. The van der Waals surface area contributed by atoms with Crippen molar-refractivity contribution in [3.05, 3.63) is 78.0 Å². The van der Waals surface area contributed by atoms with E-state index in [1.165, 1.54) is 5.56 Å². The number of anilines is 1. The van der Waals surface area contributed by atoms with Crippen LogP contribution in [0.5, 0.6) is 0 Å². The zero-order chi connectivity index (χ0) is 21.2. The van der Waals surface area contributed by atoms with E-state index < -0.39 is 0 Å². The molecule has 1 N–H and O–H groups in total. The largest absolute Gasteiger partial charge is 0.342 e. The van der Waals surface area contributed by atoms with Crippen LogP contribution < -0.4 is 5.32 Å². The number of carbonyl (C=O) groups is 2. The second-order valence-electron chi connectivity index (χ2n) is 8.44. The maximum absolute atomic E-state index is 13.0. The molecule has 0 radical (unpaired) electrons. The van der Waals surface area contributed by atoms with Gasteiger partial charge in [0, 0.05) is 31.5 Å². The van der Waals surface area contributed by atoms with E-state index in [2.05, 4.69) is 17.4 Å². The lowest BCUT2D eigenvalue weighted by atomic mass is 10.1. The van der Waals surface area contributed by atoms with E-state index in [1.807, 2.05) is 54.6 Å². The van der Waals surface area contributed by atoms with Crippen molar-refractivity contribution in [2.75, 3.05) is 18.4 Å². The van der Waals surface area contributed by atoms with Gasteiger partial charge in [-0.1, -0.05) is 48.5 Å². The molecular weight excluding hydrogens is 388 g/mol. The van der Waals surface area contributed by atoms with Crippen LogP contribution in [0.2, 0.25) is 0 Å². The van der Waals surface area contributed by atoms with Crippen LogP contribution in [-0.4, -0.2) is 39.6 Å². The van der Waals surface area contributed by atoms with Gasteiger partial charge in [-0.3, -0.25) is 9.59 Å². The first-order valence-electron chi connectivity index (χ1n) is 11.0. The molecule has 6 heteroatoms. The molecule has 31 heavy (non-hydrogen) atoms. The SMILES string of the molecule is O=C(Nc1cc(C2CC2)nn1-c1ccccc1)[C@@H]1CC(=O)N(CCc2ccccc2)C1. The summed E-state index contributed by atoms with van der Waals surface area (Å²) >= 11 is 0. The second kappa shape index (κ2) is 8.38. The fraction of sp³-hybridized carbons (Fsp3) is 0.320. The third kappa shape index (κ3) is 4.38. The predicted molar refractivity (Wildman–Crippen MR) is 119 cm³/mol. The molecule has 2 heterocycles. The van der Waals surface area contributed by atoms with Gasteiger partial charge in [0.05, 0.1) is 17.3 Å². The van der Waals surface area contributed by atoms with Crippen LogP contribution in [0.1, 0.15) is 36.4 Å². The Morgan fingerprint density at radius 2 is 1.74 bits per heavy atom. The van der Waals surface area contributed by atoms with Gasteiger partial charge in [-0.15, -0.1) is 0 Å². The number of hydrogen-bond donors (Lipinski definition) is 1. The van der Waals surface area contributed by atoms with E-state index in [9.17, 15) is 9.59 Å². The summed E-state index contributed by atoms with van der Waals surface area (Å²) in [6.07, 6.45) is 3.35. The number of amides is 2. The first-order chi connectivity index (χ1) is 15.2. The van der Waals surface area contributed by atoms with Crippen molar-refractivity contribution >= 4 is 17.6 Å². The maximum Gasteiger partial charge on any atom is 0.230 e. The number of hydrogen-bond acceptors (Lipinski definition) is 3. The van der Waals surface area contributed by atoms with Gasteiger partial charge in [0.1, 0.15) is 5.82 Å². The smallest absolute Gasteiger partial charge is 0.230 e. The Morgan fingerprint density at radius 1 is 1.03 bits per heavy atom. The minimum Gasteiger partial charge on any atom is -0.342 e. The van der Waals surface area contributed by atoms with E-state index in [4.69, 9.17) is 5.10 Å². The fourth-order valence-electron chi connectivity index (χ4n) is 4.13. The van der Waals surface area contributed by atoms with Crippen LogP contribution in [-0.2, 0) is 16.0 Å². The van der Waals surface area contributed by atoms with Gasteiger partial charge in [-0.05, 0) is 37.0 Å².